The molecule has 0 atom stereocenters. The second-order valence-corrected chi connectivity index (χ2v) is 4.83. The van der Waals surface area contributed by atoms with E-state index >= 15 is 0 Å². The van der Waals surface area contributed by atoms with Gasteiger partial charge in [-0.15, -0.1) is 0 Å². The Balaban J connectivity index is 2.26. The van der Waals surface area contributed by atoms with Gasteiger partial charge in [0.15, 0.2) is 0 Å². The van der Waals surface area contributed by atoms with Gasteiger partial charge in [0, 0.05) is 20.6 Å². The lowest BCUT2D eigenvalue weighted by Gasteiger charge is -2.20. The molecule has 0 saturated heterocycles. The first kappa shape index (κ1) is 13.9. The van der Waals surface area contributed by atoms with Crippen molar-refractivity contribution in [2.75, 3.05) is 17.7 Å². The molecule has 1 heterocycles. The lowest BCUT2D eigenvalue weighted by molar-refractivity contribution is 0.720. The molecule has 5 nitrogen and oxygen atoms in total. The minimum atomic E-state index is 0.670. The van der Waals surface area contributed by atoms with E-state index in [9.17, 15) is 0 Å². The molecular formula is C15H19N5. The van der Waals surface area contributed by atoms with Crippen LogP contribution in [0.4, 0.5) is 11.5 Å². The molecule has 2 aromatic rings. The molecule has 2 rings (SSSR count). The van der Waals surface area contributed by atoms with Crippen molar-refractivity contribution < 1.29 is 0 Å². The van der Waals surface area contributed by atoms with Gasteiger partial charge in [0.25, 0.3) is 0 Å². The summed E-state index contributed by atoms with van der Waals surface area (Å²) in [6.45, 7) is 2.72. The number of nitrogens with two attached hydrogens (primary N) is 1. The number of nitrogen functional groups attached to an aromatic ring is 1. The van der Waals surface area contributed by atoms with Crippen LogP contribution in [0.2, 0.25) is 0 Å². The third kappa shape index (κ3) is 2.59. The first-order valence-corrected chi connectivity index (χ1v) is 6.58. The Hall–Kier alpha value is -2.48. The van der Waals surface area contributed by atoms with Gasteiger partial charge < -0.3 is 10.6 Å². The zero-order chi connectivity index (χ0) is 14.7. The summed E-state index contributed by atoms with van der Waals surface area (Å²) in [6, 6.07) is 9.75. The summed E-state index contributed by atoms with van der Waals surface area (Å²) in [5.41, 5.74) is 9.54. The van der Waals surface area contributed by atoms with E-state index in [1.54, 1.807) is 6.07 Å². The second kappa shape index (κ2) is 5.66. The van der Waals surface area contributed by atoms with Gasteiger partial charge in [-0.25, -0.2) is 0 Å². The average molecular weight is 269 g/mol. The van der Waals surface area contributed by atoms with Crippen molar-refractivity contribution in [3.05, 3.63) is 41.1 Å². The highest BCUT2D eigenvalue weighted by molar-refractivity contribution is 5.66. The minimum Gasteiger partial charge on any atom is -0.394 e. The Kier molecular flexibility index (Phi) is 3.94. The number of nitrogens with zero attached hydrogens (tertiary/aromatic N) is 4. The third-order valence-electron chi connectivity index (χ3n) is 3.30. The molecule has 1 aromatic carbocycles. The van der Waals surface area contributed by atoms with E-state index in [-0.39, 0.29) is 0 Å². The van der Waals surface area contributed by atoms with E-state index < -0.39 is 0 Å². The number of benzene rings is 1. The fourth-order valence-electron chi connectivity index (χ4n) is 2.39. The van der Waals surface area contributed by atoms with Crippen LogP contribution in [0, 0.1) is 11.3 Å². The quantitative estimate of drug-likeness (QED) is 0.922. The molecule has 2 N–H and O–H groups in total. The standard InChI is InChI=1S/C15H19N5/c1-4-13-14(17)15(20(3)18-13)19(2)10-12-7-5-6-11(8-12)9-16/h5-8H,4,10,17H2,1-3H3. The van der Waals surface area contributed by atoms with E-state index in [1.165, 1.54) is 0 Å². The Morgan fingerprint density at radius 2 is 2.20 bits per heavy atom. The smallest absolute Gasteiger partial charge is 0.150 e. The topological polar surface area (TPSA) is 70.9 Å². The first-order valence-electron chi connectivity index (χ1n) is 6.58. The highest BCUT2D eigenvalue weighted by Gasteiger charge is 2.15. The number of hydrogen-bond acceptors (Lipinski definition) is 4. The molecule has 0 aliphatic rings. The third-order valence-corrected chi connectivity index (χ3v) is 3.30. The van der Waals surface area contributed by atoms with Gasteiger partial charge in [-0.3, -0.25) is 4.68 Å². The number of aromatic nitrogens is 2. The summed E-state index contributed by atoms with van der Waals surface area (Å²) in [6.07, 6.45) is 0.817. The van der Waals surface area contributed by atoms with Crippen LogP contribution >= 0.6 is 0 Å². The molecule has 0 unspecified atom stereocenters. The highest BCUT2D eigenvalue weighted by Crippen LogP contribution is 2.26. The van der Waals surface area contributed by atoms with Crippen LogP contribution in [0.15, 0.2) is 24.3 Å². The molecule has 5 heteroatoms. The maximum absolute atomic E-state index is 8.94. The summed E-state index contributed by atoms with van der Waals surface area (Å²) in [5.74, 6) is 0.907. The van der Waals surface area contributed by atoms with Gasteiger partial charge in [0.2, 0.25) is 0 Å². The summed E-state index contributed by atoms with van der Waals surface area (Å²) >= 11 is 0. The van der Waals surface area contributed by atoms with Gasteiger partial charge in [0.1, 0.15) is 5.82 Å². The summed E-state index contributed by atoms with van der Waals surface area (Å²) in [4.78, 5) is 2.05. The molecule has 1 aromatic heterocycles. The number of aryl methyl sites for hydroxylation is 2. The summed E-state index contributed by atoms with van der Waals surface area (Å²) in [5, 5.41) is 13.4. The fraction of sp³-hybridized carbons (Fsp3) is 0.333. The SMILES string of the molecule is CCc1nn(C)c(N(C)Cc2cccc(C#N)c2)c1N. The van der Waals surface area contributed by atoms with Crippen LogP contribution in [0.3, 0.4) is 0 Å². The lowest BCUT2D eigenvalue weighted by Crippen LogP contribution is -2.20. The average Bonchev–Trinajstić information content (AvgIpc) is 2.73. The molecule has 20 heavy (non-hydrogen) atoms. The number of nitriles is 1. The Morgan fingerprint density at radius 3 is 2.80 bits per heavy atom. The van der Waals surface area contributed by atoms with Gasteiger partial charge in [-0.05, 0) is 24.1 Å². The largest absolute Gasteiger partial charge is 0.394 e. The van der Waals surface area contributed by atoms with Crippen LogP contribution in [0.1, 0.15) is 23.7 Å². The van der Waals surface area contributed by atoms with Crippen LogP contribution in [0.5, 0.6) is 0 Å². The normalized spacial score (nSPS) is 10.3. The highest BCUT2D eigenvalue weighted by atomic mass is 15.4. The molecule has 0 saturated carbocycles. The Morgan fingerprint density at radius 1 is 1.45 bits per heavy atom. The summed E-state index contributed by atoms with van der Waals surface area (Å²) in [7, 11) is 3.87. The second-order valence-electron chi connectivity index (χ2n) is 4.83. The van der Waals surface area contributed by atoms with E-state index in [2.05, 4.69) is 16.1 Å². The molecule has 0 aliphatic carbocycles. The molecule has 0 fully saturated rings. The van der Waals surface area contributed by atoms with E-state index in [0.717, 1.165) is 29.2 Å². The lowest BCUT2D eigenvalue weighted by atomic mass is 10.1. The van der Waals surface area contributed by atoms with Crippen LogP contribution in [-0.4, -0.2) is 16.8 Å². The Labute approximate surface area is 119 Å². The predicted molar refractivity (Wildman–Crippen MR) is 80.3 cm³/mol. The zero-order valence-corrected chi connectivity index (χ0v) is 12.1. The Bertz CT molecular complexity index is 651. The minimum absolute atomic E-state index is 0.670. The van der Waals surface area contributed by atoms with Crippen LogP contribution in [0.25, 0.3) is 0 Å². The van der Waals surface area contributed by atoms with Crippen molar-refractivity contribution in [3.63, 3.8) is 0 Å². The van der Waals surface area contributed by atoms with Crippen molar-refractivity contribution in [2.24, 2.45) is 7.05 Å². The van der Waals surface area contributed by atoms with Crippen molar-refractivity contribution in [1.82, 2.24) is 9.78 Å². The molecule has 0 aliphatic heterocycles. The molecule has 0 spiro atoms. The van der Waals surface area contributed by atoms with Crippen LogP contribution < -0.4 is 10.6 Å². The van der Waals surface area contributed by atoms with Crippen LogP contribution in [-0.2, 0) is 20.0 Å². The molecule has 104 valence electrons. The maximum atomic E-state index is 8.94. The molecule has 0 amide bonds. The fourth-order valence-corrected chi connectivity index (χ4v) is 2.39. The number of rotatable bonds is 4. The van der Waals surface area contributed by atoms with Crippen molar-refractivity contribution in [2.45, 2.75) is 19.9 Å². The van der Waals surface area contributed by atoms with Crippen molar-refractivity contribution in [3.8, 4) is 6.07 Å². The van der Waals surface area contributed by atoms with Gasteiger partial charge >= 0.3 is 0 Å². The first-order chi connectivity index (χ1) is 9.56. The molecular weight excluding hydrogens is 250 g/mol. The van der Waals surface area contributed by atoms with Crippen molar-refractivity contribution >= 4 is 11.5 Å². The molecule has 0 radical (unpaired) electrons. The van der Waals surface area contributed by atoms with Gasteiger partial charge in [0.05, 0.1) is 23.0 Å². The molecule has 0 bridgehead atoms. The number of anilines is 2. The zero-order valence-electron chi connectivity index (χ0n) is 12.1. The summed E-state index contributed by atoms with van der Waals surface area (Å²) < 4.78 is 1.81. The van der Waals surface area contributed by atoms with E-state index in [4.69, 9.17) is 11.0 Å². The maximum Gasteiger partial charge on any atom is 0.150 e. The van der Waals surface area contributed by atoms with Gasteiger partial charge in [-0.1, -0.05) is 19.1 Å². The van der Waals surface area contributed by atoms with E-state index in [0.29, 0.717) is 12.1 Å². The van der Waals surface area contributed by atoms with Gasteiger partial charge in [-0.2, -0.15) is 10.4 Å². The predicted octanol–water partition coefficient (Wildman–Crippen LogP) is 2.07. The van der Waals surface area contributed by atoms with Crippen molar-refractivity contribution in [1.29, 1.82) is 5.26 Å². The van der Waals surface area contributed by atoms with E-state index in [1.807, 2.05) is 43.9 Å². The monoisotopic (exact) mass is 269 g/mol. The number of hydrogen-bond donors (Lipinski definition) is 1.